The summed E-state index contributed by atoms with van der Waals surface area (Å²) in [6.45, 7) is 0. The highest BCUT2D eigenvalue weighted by atomic mass is 32.2. The second-order valence-corrected chi connectivity index (χ2v) is 7.83. The summed E-state index contributed by atoms with van der Waals surface area (Å²) in [6.07, 6.45) is -0.388. The van der Waals surface area contributed by atoms with Gasteiger partial charge in [-0.2, -0.15) is 11.8 Å². The van der Waals surface area contributed by atoms with Crippen LogP contribution in [0.15, 0.2) is 0 Å². The first-order chi connectivity index (χ1) is 15.3. The topological polar surface area (TPSA) is 274 Å². The molecule has 15 nitrogen and oxygen atoms in total. The number of carbonyl (C=O) groups is 7. The largest absolute Gasteiger partial charge is 0.481 e. The first-order valence-corrected chi connectivity index (χ1v) is 10.8. The van der Waals surface area contributed by atoms with Gasteiger partial charge < -0.3 is 43.4 Å². The molecular formula is C17H28N6O9S. The number of aliphatic carboxylic acids is 2. The van der Waals surface area contributed by atoms with E-state index in [1.807, 2.05) is 5.32 Å². The van der Waals surface area contributed by atoms with Gasteiger partial charge in [0.15, 0.2) is 0 Å². The van der Waals surface area contributed by atoms with Crippen LogP contribution in [0.5, 0.6) is 0 Å². The maximum Gasteiger partial charge on any atom is 0.326 e. The lowest BCUT2D eigenvalue weighted by atomic mass is 10.1. The fourth-order valence-electron chi connectivity index (χ4n) is 2.42. The van der Waals surface area contributed by atoms with E-state index in [1.165, 1.54) is 11.8 Å². The molecular weight excluding hydrogens is 464 g/mol. The van der Waals surface area contributed by atoms with Gasteiger partial charge in [0.2, 0.25) is 29.5 Å². The minimum atomic E-state index is -1.75. The molecule has 0 spiro atoms. The third-order valence-corrected chi connectivity index (χ3v) is 4.68. The summed E-state index contributed by atoms with van der Waals surface area (Å²) < 4.78 is 0. The monoisotopic (exact) mass is 492 g/mol. The van der Waals surface area contributed by atoms with E-state index in [9.17, 15) is 33.6 Å². The van der Waals surface area contributed by atoms with Crippen molar-refractivity contribution < 1.29 is 43.8 Å². The van der Waals surface area contributed by atoms with Crippen molar-refractivity contribution in [1.29, 1.82) is 0 Å². The molecule has 0 saturated heterocycles. The Morgan fingerprint density at radius 1 is 0.758 bits per heavy atom. The van der Waals surface area contributed by atoms with Gasteiger partial charge in [-0.1, -0.05) is 0 Å². The maximum absolute atomic E-state index is 12.7. The van der Waals surface area contributed by atoms with Crippen LogP contribution in [0.25, 0.3) is 0 Å². The van der Waals surface area contributed by atoms with Crippen LogP contribution in [0, 0.1) is 0 Å². The smallest absolute Gasteiger partial charge is 0.326 e. The Balaban J connectivity index is 5.51. The first kappa shape index (κ1) is 29.6. The molecule has 33 heavy (non-hydrogen) atoms. The van der Waals surface area contributed by atoms with Crippen LogP contribution in [-0.4, -0.2) is 87.9 Å². The van der Waals surface area contributed by atoms with Crippen molar-refractivity contribution in [3.05, 3.63) is 0 Å². The van der Waals surface area contributed by atoms with Crippen molar-refractivity contribution in [1.82, 2.24) is 16.0 Å². The summed E-state index contributed by atoms with van der Waals surface area (Å²) in [5.74, 6) is -7.56. The lowest BCUT2D eigenvalue weighted by molar-refractivity contribution is -0.147. The fourth-order valence-corrected chi connectivity index (χ4v) is 2.89. The SMILES string of the molecule is CSCCC(NC(=O)C(CC(N)=O)NC(=O)C(N)CC(N)=O)C(=O)NC(CC(=O)O)C(=O)O. The third kappa shape index (κ3) is 12.3. The number of primary amides is 2. The summed E-state index contributed by atoms with van der Waals surface area (Å²) in [5.41, 5.74) is 15.6. The van der Waals surface area contributed by atoms with Crippen molar-refractivity contribution in [2.24, 2.45) is 17.2 Å². The number of nitrogens with one attached hydrogen (secondary N) is 3. The zero-order valence-corrected chi connectivity index (χ0v) is 18.6. The van der Waals surface area contributed by atoms with E-state index in [-0.39, 0.29) is 6.42 Å². The van der Waals surface area contributed by atoms with E-state index < -0.39 is 84.9 Å². The van der Waals surface area contributed by atoms with Crippen LogP contribution in [0.4, 0.5) is 0 Å². The number of hydrogen-bond donors (Lipinski definition) is 8. The summed E-state index contributed by atoms with van der Waals surface area (Å²) in [5, 5.41) is 24.4. The molecule has 5 amide bonds. The van der Waals surface area contributed by atoms with Crippen LogP contribution >= 0.6 is 11.8 Å². The van der Waals surface area contributed by atoms with Gasteiger partial charge in [-0.05, 0) is 18.4 Å². The fraction of sp³-hybridized carbons (Fsp3) is 0.588. The number of amides is 5. The summed E-state index contributed by atoms with van der Waals surface area (Å²) >= 11 is 1.30. The number of carboxylic acids is 2. The molecule has 186 valence electrons. The third-order valence-electron chi connectivity index (χ3n) is 4.03. The molecule has 0 radical (unpaired) electrons. The molecule has 4 unspecified atom stereocenters. The molecule has 0 aromatic heterocycles. The minimum absolute atomic E-state index is 0.0105. The standard InChI is InChI=1S/C17H28N6O9S/c1-33-3-2-8(15(29)23-10(17(31)32)6-13(26)27)21-16(30)9(5-12(20)25)22-14(28)7(18)4-11(19)24/h7-10H,2-6,18H2,1H3,(H2,19,24)(H2,20,25)(H,21,30)(H,22,28)(H,23,29)(H,26,27)(H,31,32). The highest BCUT2D eigenvalue weighted by Crippen LogP contribution is 2.05. The lowest BCUT2D eigenvalue weighted by Gasteiger charge is -2.24. The molecule has 0 heterocycles. The number of carbonyl (C=O) groups excluding carboxylic acids is 5. The van der Waals surface area contributed by atoms with Crippen molar-refractivity contribution in [2.75, 3.05) is 12.0 Å². The van der Waals surface area contributed by atoms with E-state index in [0.717, 1.165) is 0 Å². The van der Waals surface area contributed by atoms with Crippen molar-refractivity contribution in [2.45, 2.75) is 49.9 Å². The molecule has 11 N–H and O–H groups in total. The summed E-state index contributed by atoms with van der Waals surface area (Å²) in [6, 6.07) is -6.05. The van der Waals surface area contributed by atoms with E-state index in [1.54, 1.807) is 6.26 Å². The van der Waals surface area contributed by atoms with Crippen molar-refractivity contribution in [3.63, 3.8) is 0 Å². The normalized spacial score (nSPS) is 14.1. The van der Waals surface area contributed by atoms with Crippen LogP contribution in [0.1, 0.15) is 25.7 Å². The second kappa shape index (κ2) is 14.6. The van der Waals surface area contributed by atoms with Crippen molar-refractivity contribution in [3.8, 4) is 0 Å². The van der Waals surface area contributed by atoms with Gasteiger partial charge in [-0.25, -0.2) is 4.79 Å². The van der Waals surface area contributed by atoms with Crippen LogP contribution in [0.3, 0.4) is 0 Å². The molecule has 0 aliphatic heterocycles. The molecule has 0 saturated carbocycles. The number of thioether (sulfide) groups is 1. The molecule has 0 bridgehead atoms. The van der Waals surface area contributed by atoms with Gasteiger partial charge in [0.1, 0.15) is 18.1 Å². The Morgan fingerprint density at radius 3 is 1.70 bits per heavy atom. The number of carboxylic acid groups (broad SMARTS) is 2. The van der Waals surface area contributed by atoms with Gasteiger partial charge in [0.25, 0.3) is 0 Å². The van der Waals surface area contributed by atoms with Crippen LogP contribution < -0.4 is 33.2 Å². The predicted octanol–water partition coefficient (Wildman–Crippen LogP) is -4.17. The Bertz CT molecular complexity index is 778. The Hall–Kier alpha value is -3.40. The van der Waals surface area contributed by atoms with Gasteiger partial charge in [-0.3, -0.25) is 28.8 Å². The highest BCUT2D eigenvalue weighted by Gasteiger charge is 2.31. The van der Waals surface area contributed by atoms with Gasteiger partial charge >= 0.3 is 11.9 Å². The van der Waals surface area contributed by atoms with Gasteiger partial charge in [-0.15, -0.1) is 0 Å². The zero-order valence-electron chi connectivity index (χ0n) is 17.7. The van der Waals surface area contributed by atoms with E-state index >= 15 is 0 Å². The number of hydrogen-bond acceptors (Lipinski definition) is 9. The highest BCUT2D eigenvalue weighted by molar-refractivity contribution is 7.98. The predicted molar refractivity (Wildman–Crippen MR) is 114 cm³/mol. The number of rotatable bonds is 16. The molecule has 0 rings (SSSR count). The molecule has 0 aliphatic rings. The van der Waals surface area contributed by atoms with Crippen LogP contribution in [-0.2, 0) is 33.6 Å². The maximum atomic E-state index is 12.7. The second-order valence-electron chi connectivity index (χ2n) is 6.85. The van der Waals surface area contributed by atoms with E-state index in [4.69, 9.17) is 27.4 Å². The summed E-state index contributed by atoms with van der Waals surface area (Å²) in [4.78, 5) is 81.6. The van der Waals surface area contributed by atoms with Gasteiger partial charge in [0.05, 0.1) is 25.3 Å². The average Bonchev–Trinajstić information content (AvgIpc) is 2.68. The Kier molecular flexibility index (Phi) is 13.1. The molecule has 0 aromatic rings. The first-order valence-electron chi connectivity index (χ1n) is 9.45. The van der Waals surface area contributed by atoms with Crippen molar-refractivity contribution >= 4 is 53.2 Å². The molecule has 0 fully saturated rings. The number of nitrogens with two attached hydrogens (primary N) is 3. The Morgan fingerprint density at radius 2 is 1.24 bits per heavy atom. The Labute approximate surface area is 192 Å². The zero-order chi connectivity index (χ0) is 25.7. The van der Waals surface area contributed by atoms with E-state index in [2.05, 4.69) is 10.6 Å². The van der Waals surface area contributed by atoms with E-state index in [0.29, 0.717) is 5.75 Å². The molecule has 4 atom stereocenters. The van der Waals surface area contributed by atoms with Crippen LogP contribution in [0.2, 0.25) is 0 Å². The summed E-state index contributed by atoms with van der Waals surface area (Å²) in [7, 11) is 0. The quantitative estimate of drug-likeness (QED) is 0.102. The lowest BCUT2D eigenvalue weighted by Crippen LogP contribution is -2.58. The minimum Gasteiger partial charge on any atom is -0.481 e. The molecule has 0 aromatic carbocycles. The molecule has 16 heteroatoms. The van der Waals surface area contributed by atoms with Gasteiger partial charge in [0, 0.05) is 0 Å². The molecule has 0 aliphatic carbocycles. The average molecular weight is 493 g/mol.